The highest BCUT2D eigenvalue weighted by atomic mass is 16.5. The Morgan fingerprint density at radius 2 is 2.37 bits per heavy atom. The van der Waals surface area contributed by atoms with Crippen LogP contribution in [-0.2, 0) is 11.3 Å². The molecule has 7 nitrogen and oxygen atoms in total. The number of hydrogen-bond donors (Lipinski definition) is 2. The van der Waals surface area contributed by atoms with Crippen LogP contribution in [0.3, 0.4) is 0 Å². The number of rotatable bonds is 6. The van der Waals surface area contributed by atoms with E-state index in [9.17, 15) is 4.79 Å². The largest absolute Gasteiger partial charge is 0.492 e. The van der Waals surface area contributed by atoms with Crippen LogP contribution in [0.1, 0.15) is 0 Å². The van der Waals surface area contributed by atoms with Crippen LogP contribution in [-0.4, -0.2) is 33.8 Å². The Labute approximate surface area is 110 Å². The van der Waals surface area contributed by atoms with Crippen molar-refractivity contribution in [1.29, 1.82) is 0 Å². The molecule has 0 radical (unpaired) electrons. The number of nitrogens with one attached hydrogen (secondary N) is 1. The van der Waals surface area contributed by atoms with Gasteiger partial charge in [0.05, 0.1) is 6.54 Å². The van der Waals surface area contributed by atoms with Crippen molar-refractivity contribution < 1.29 is 9.53 Å². The topological polar surface area (TPSA) is 95.1 Å². The molecule has 1 amide bonds. The van der Waals surface area contributed by atoms with Gasteiger partial charge in [-0.3, -0.25) is 4.79 Å². The second-order valence-electron chi connectivity index (χ2n) is 3.86. The van der Waals surface area contributed by atoms with Crippen LogP contribution < -0.4 is 15.8 Å². The maximum absolute atomic E-state index is 11.5. The Bertz CT molecular complexity index is 527. The molecule has 19 heavy (non-hydrogen) atoms. The number of anilines is 1. The van der Waals surface area contributed by atoms with Gasteiger partial charge in [-0.2, -0.15) is 5.10 Å². The molecule has 2 rings (SSSR count). The standard InChI is InChI=1S/C12H15N5O2/c13-10-2-1-3-11(6-10)19-5-4-15-12(18)7-17-9-14-8-16-17/h1-3,6,8-9H,4-5,7,13H2,(H,15,18). The molecule has 1 aromatic heterocycles. The number of ether oxygens (including phenoxy) is 1. The third kappa shape index (κ3) is 4.30. The lowest BCUT2D eigenvalue weighted by Gasteiger charge is -2.08. The first-order valence-electron chi connectivity index (χ1n) is 5.81. The van der Waals surface area contributed by atoms with E-state index in [4.69, 9.17) is 10.5 Å². The Morgan fingerprint density at radius 1 is 1.47 bits per heavy atom. The van der Waals surface area contributed by atoms with Crippen molar-refractivity contribution in [3.63, 3.8) is 0 Å². The number of carbonyl (C=O) groups is 1. The number of hydrogen-bond acceptors (Lipinski definition) is 5. The van der Waals surface area contributed by atoms with Gasteiger partial charge < -0.3 is 15.8 Å². The van der Waals surface area contributed by atoms with E-state index in [0.717, 1.165) is 0 Å². The van der Waals surface area contributed by atoms with Gasteiger partial charge in [-0.25, -0.2) is 9.67 Å². The number of amides is 1. The molecule has 0 bridgehead atoms. The van der Waals surface area contributed by atoms with Crippen molar-refractivity contribution in [2.75, 3.05) is 18.9 Å². The van der Waals surface area contributed by atoms with Gasteiger partial charge in [0.1, 0.15) is 31.6 Å². The SMILES string of the molecule is Nc1cccc(OCCNC(=O)Cn2cncn2)c1. The van der Waals surface area contributed by atoms with Gasteiger partial charge in [0.25, 0.3) is 0 Å². The van der Waals surface area contributed by atoms with Gasteiger partial charge >= 0.3 is 0 Å². The molecule has 0 atom stereocenters. The molecule has 0 aliphatic carbocycles. The highest BCUT2D eigenvalue weighted by Gasteiger charge is 2.02. The van der Waals surface area contributed by atoms with Gasteiger partial charge in [-0.1, -0.05) is 6.07 Å². The molecule has 1 heterocycles. The first-order chi connectivity index (χ1) is 9.24. The molecule has 3 N–H and O–H groups in total. The fourth-order valence-corrected chi connectivity index (χ4v) is 1.48. The highest BCUT2D eigenvalue weighted by molar-refractivity contribution is 5.75. The summed E-state index contributed by atoms with van der Waals surface area (Å²) in [6.07, 6.45) is 2.87. The molecule has 0 fully saturated rings. The first kappa shape index (κ1) is 12.9. The summed E-state index contributed by atoms with van der Waals surface area (Å²) in [5.41, 5.74) is 6.27. The van der Waals surface area contributed by atoms with E-state index in [1.165, 1.54) is 17.3 Å². The van der Waals surface area contributed by atoms with Crippen LogP contribution in [0.25, 0.3) is 0 Å². The van der Waals surface area contributed by atoms with Crippen molar-refractivity contribution in [3.05, 3.63) is 36.9 Å². The van der Waals surface area contributed by atoms with Crippen LogP contribution in [0.4, 0.5) is 5.69 Å². The van der Waals surface area contributed by atoms with Crippen LogP contribution >= 0.6 is 0 Å². The van der Waals surface area contributed by atoms with Gasteiger partial charge in [0, 0.05) is 11.8 Å². The van der Waals surface area contributed by atoms with Crippen LogP contribution in [0.5, 0.6) is 5.75 Å². The summed E-state index contributed by atoms with van der Waals surface area (Å²) in [5, 5.41) is 6.56. The average molecular weight is 261 g/mol. The van der Waals surface area contributed by atoms with Crippen molar-refractivity contribution in [2.45, 2.75) is 6.54 Å². The van der Waals surface area contributed by atoms with E-state index in [1.807, 2.05) is 12.1 Å². The minimum atomic E-state index is -0.137. The third-order valence-corrected chi connectivity index (χ3v) is 2.32. The first-order valence-corrected chi connectivity index (χ1v) is 5.81. The predicted octanol–water partition coefficient (Wildman–Crippen LogP) is 0.0555. The zero-order chi connectivity index (χ0) is 13.5. The van der Waals surface area contributed by atoms with Crippen molar-refractivity contribution in [3.8, 4) is 5.75 Å². The Balaban J connectivity index is 1.65. The minimum Gasteiger partial charge on any atom is -0.492 e. The maximum Gasteiger partial charge on any atom is 0.241 e. The lowest BCUT2D eigenvalue weighted by Crippen LogP contribution is -2.31. The Morgan fingerprint density at radius 3 is 3.11 bits per heavy atom. The summed E-state index contributed by atoms with van der Waals surface area (Å²) in [6.45, 7) is 0.952. The predicted molar refractivity (Wildman–Crippen MR) is 69.4 cm³/mol. The number of aromatic nitrogens is 3. The lowest BCUT2D eigenvalue weighted by atomic mass is 10.3. The number of benzene rings is 1. The third-order valence-electron chi connectivity index (χ3n) is 2.32. The summed E-state index contributed by atoms with van der Waals surface area (Å²) < 4.78 is 6.90. The number of nitrogen functional groups attached to an aromatic ring is 1. The quantitative estimate of drug-likeness (QED) is 0.566. The van der Waals surface area contributed by atoms with E-state index >= 15 is 0 Å². The molecule has 0 saturated heterocycles. The van der Waals surface area contributed by atoms with E-state index < -0.39 is 0 Å². The summed E-state index contributed by atoms with van der Waals surface area (Å²) in [7, 11) is 0. The molecule has 0 spiro atoms. The zero-order valence-electron chi connectivity index (χ0n) is 10.3. The Kier molecular flexibility index (Phi) is 4.33. The molecular weight excluding hydrogens is 246 g/mol. The van der Waals surface area contributed by atoms with Gasteiger partial charge in [-0.15, -0.1) is 0 Å². The van der Waals surface area contributed by atoms with E-state index in [2.05, 4.69) is 15.4 Å². The normalized spacial score (nSPS) is 10.1. The van der Waals surface area contributed by atoms with Gasteiger partial charge in [-0.05, 0) is 12.1 Å². The Hall–Kier alpha value is -2.57. The van der Waals surface area contributed by atoms with Crippen LogP contribution in [0, 0.1) is 0 Å². The molecule has 0 unspecified atom stereocenters. The van der Waals surface area contributed by atoms with Gasteiger partial charge in [0.2, 0.25) is 5.91 Å². The molecule has 7 heteroatoms. The molecular formula is C12H15N5O2. The smallest absolute Gasteiger partial charge is 0.241 e. The molecule has 0 saturated carbocycles. The van der Waals surface area contributed by atoms with E-state index in [1.54, 1.807) is 12.1 Å². The molecule has 2 aromatic rings. The second kappa shape index (κ2) is 6.39. The minimum absolute atomic E-state index is 0.137. The summed E-state index contributed by atoms with van der Waals surface area (Å²) in [4.78, 5) is 15.3. The second-order valence-corrected chi connectivity index (χ2v) is 3.86. The van der Waals surface area contributed by atoms with Crippen molar-refractivity contribution >= 4 is 11.6 Å². The van der Waals surface area contributed by atoms with Gasteiger partial charge in [0.15, 0.2) is 0 Å². The van der Waals surface area contributed by atoms with Crippen molar-refractivity contribution in [1.82, 2.24) is 20.1 Å². The zero-order valence-corrected chi connectivity index (χ0v) is 10.3. The molecule has 100 valence electrons. The molecule has 1 aromatic carbocycles. The lowest BCUT2D eigenvalue weighted by molar-refractivity contribution is -0.121. The van der Waals surface area contributed by atoms with E-state index in [-0.39, 0.29) is 12.5 Å². The fourth-order valence-electron chi connectivity index (χ4n) is 1.48. The maximum atomic E-state index is 11.5. The highest BCUT2D eigenvalue weighted by Crippen LogP contribution is 2.13. The molecule has 0 aliphatic heterocycles. The van der Waals surface area contributed by atoms with Crippen molar-refractivity contribution in [2.24, 2.45) is 0 Å². The van der Waals surface area contributed by atoms with Crippen LogP contribution in [0.15, 0.2) is 36.9 Å². The summed E-state index contributed by atoms with van der Waals surface area (Å²) in [6, 6.07) is 7.14. The monoisotopic (exact) mass is 261 g/mol. The number of nitrogens with zero attached hydrogens (tertiary/aromatic N) is 3. The average Bonchev–Trinajstić information content (AvgIpc) is 2.87. The summed E-state index contributed by atoms with van der Waals surface area (Å²) >= 11 is 0. The number of carbonyl (C=O) groups excluding carboxylic acids is 1. The fraction of sp³-hybridized carbons (Fsp3) is 0.250. The van der Waals surface area contributed by atoms with E-state index in [0.29, 0.717) is 24.6 Å². The summed E-state index contributed by atoms with van der Waals surface area (Å²) in [5.74, 6) is 0.548. The van der Waals surface area contributed by atoms with Crippen LogP contribution in [0.2, 0.25) is 0 Å². The number of nitrogens with two attached hydrogens (primary N) is 1. The molecule has 0 aliphatic rings.